The number of thiophene rings is 1. The highest BCUT2D eigenvalue weighted by Crippen LogP contribution is 2.39. The zero-order chi connectivity index (χ0) is 30.1. The van der Waals surface area contributed by atoms with Crippen LogP contribution in [-0.2, 0) is 20.9 Å². The summed E-state index contributed by atoms with van der Waals surface area (Å²) < 4.78 is 87.8. The van der Waals surface area contributed by atoms with Gasteiger partial charge in [0.1, 0.15) is 11.9 Å². The minimum atomic E-state index is -4.43. The maximum atomic E-state index is 14.7. The molecule has 1 aromatic heterocycles. The van der Waals surface area contributed by atoms with Gasteiger partial charge < -0.3 is 25.0 Å². The van der Waals surface area contributed by atoms with Gasteiger partial charge in [-0.15, -0.1) is 11.3 Å². The molecule has 0 amide bonds. The third-order valence-corrected chi connectivity index (χ3v) is 10.8. The molecule has 2 aliphatic rings. The van der Waals surface area contributed by atoms with Crippen molar-refractivity contribution in [2.45, 2.75) is 41.4 Å². The summed E-state index contributed by atoms with van der Waals surface area (Å²) in [5.74, 6) is 6.20. The largest absolute Gasteiger partial charge is 0.495 e. The molecule has 0 saturated carbocycles. The molecule has 3 atom stereocenters. The number of fused-ring (bicyclic) bond motifs is 1. The van der Waals surface area contributed by atoms with E-state index in [0.717, 1.165) is 6.54 Å². The number of ether oxygens (including phenoxy) is 2. The van der Waals surface area contributed by atoms with Crippen LogP contribution >= 0.6 is 11.3 Å². The predicted molar refractivity (Wildman–Crippen MR) is 158 cm³/mol. The van der Waals surface area contributed by atoms with Crippen molar-refractivity contribution in [1.29, 1.82) is 4.78 Å². The number of benzene rings is 2. The Bertz CT molecular complexity index is 1610. The lowest BCUT2D eigenvalue weighted by atomic mass is 10.0. The Labute approximate surface area is 246 Å². The molecule has 13 heteroatoms. The van der Waals surface area contributed by atoms with Gasteiger partial charge in [-0.2, -0.15) is 13.2 Å². The fraction of sp³-hybridized carbons (Fsp3) is 0.448. The molecule has 0 spiro atoms. The number of nitrogens with one attached hydrogen (secondary N) is 3. The Kier molecular flexibility index (Phi) is 8.89. The number of likely N-dealkylation sites (tertiary alicyclic amines) is 1. The molecule has 0 aliphatic carbocycles. The van der Waals surface area contributed by atoms with Gasteiger partial charge in [0.05, 0.1) is 80.2 Å². The van der Waals surface area contributed by atoms with Gasteiger partial charge in [0.25, 0.3) is 0 Å². The van der Waals surface area contributed by atoms with E-state index in [1.807, 2.05) is 11.9 Å². The fourth-order valence-electron chi connectivity index (χ4n) is 5.05. The molecule has 3 N–H and O–H groups in total. The minimum absolute atomic E-state index is 0.103. The van der Waals surface area contributed by atoms with Gasteiger partial charge in [-0.25, -0.2) is 13.4 Å². The van der Waals surface area contributed by atoms with Gasteiger partial charge in [0.2, 0.25) is 0 Å². The summed E-state index contributed by atoms with van der Waals surface area (Å²) in [5, 5.41) is 6.42. The van der Waals surface area contributed by atoms with E-state index in [0.29, 0.717) is 49.9 Å². The van der Waals surface area contributed by atoms with Crippen molar-refractivity contribution in [3.05, 3.63) is 46.8 Å². The third-order valence-electron chi connectivity index (χ3n) is 7.45. The van der Waals surface area contributed by atoms with E-state index in [1.54, 1.807) is 36.4 Å². The summed E-state index contributed by atoms with van der Waals surface area (Å²) in [6.07, 6.45) is -6.06. The monoisotopic (exact) mass is 624 g/mol. The molecule has 2 aliphatic heterocycles. The summed E-state index contributed by atoms with van der Waals surface area (Å²) in [7, 11) is 0.272. The molecule has 0 unspecified atom stereocenters. The summed E-state index contributed by atoms with van der Waals surface area (Å²) in [6, 6.07) is 9.47. The van der Waals surface area contributed by atoms with E-state index in [1.165, 1.54) is 18.4 Å². The molecule has 2 aromatic carbocycles. The second-order valence-corrected chi connectivity index (χ2v) is 13.8. The van der Waals surface area contributed by atoms with Crippen molar-refractivity contribution < 1.29 is 31.2 Å². The second-order valence-electron chi connectivity index (χ2n) is 10.5. The molecule has 0 radical (unpaired) electrons. The van der Waals surface area contributed by atoms with Crippen LogP contribution in [0.15, 0.2) is 41.3 Å². The minimum Gasteiger partial charge on any atom is -0.495 e. The van der Waals surface area contributed by atoms with Gasteiger partial charge in [-0.1, -0.05) is 24.0 Å². The van der Waals surface area contributed by atoms with Crippen LogP contribution in [0.4, 0.5) is 28.9 Å². The summed E-state index contributed by atoms with van der Waals surface area (Å²) in [4.78, 5) is 2.56. The molecule has 2 saturated heterocycles. The Morgan fingerprint density at radius 1 is 1.24 bits per heavy atom. The van der Waals surface area contributed by atoms with Crippen LogP contribution in [0.5, 0.6) is 5.75 Å². The number of hydrogen-bond donors (Lipinski definition) is 3. The first-order valence-electron chi connectivity index (χ1n) is 13.4. The van der Waals surface area contributed by atoms with E-state index >= 15 is 0 Å². The van der Waals surface area contributed by atoms with E-state index in [-0.39, 0.29) is 30.6 Å². The molecule has 5 rings (SSSR count). The number of methoxy groups -OCH3 is 1. The highest BCUT2D eigenvalue weighted by atomic mass is 32.2. The van der Waals surface area contributed by atoms with Crippen LogP contribution in [0.25, 0.3) is 10.1 Å². The Balaban J connectivity index is 1.37. The summed E-state index contributed by atoms with van der Waals surface area (Å²) >= 11 is 1.17. The summed E-state index contributed by atoms with van der Waals surface area (Å²) in [6.45, 7) is 1.69. The van der Waals surface area contributed by atoms with Crippen LogP contribution in [0.3, 0.4) is 0 Å². The first-order valence-corrected chi connectivity index (χ1v) is 15.9. The molecule has 0 bridgehead atoms. The van der Waals surface area contributed by atoms with Gasteiger partial charge in [-0.3, -0.25) is 0 Å². The number of alkyl halides is 4. The maximum Gasteiger partial charge on any atom is 0.393 e. The lowest BCUT2D eigenvalue weighted by Crippen LogP contribution is -2.46. The number of anilines is 2. The third kappa shape index (κ3) is 6.62. The Morgan fingerprint density at radius 2 is 2.02 bits per heavy atom. The molecule has 42 heavy (non-hydrogen) atoms. The predicted octanol–water partition coefficient (Wildman–Crippen LogP) is 5.74. The first-order chi connectivity index (χ1) is 20.0. The van der Waals surface area contributed by atoms with E-state index in [4.69, 9.17) is 14.3 Å². The van der Waals surface area contributed by atoms with Crippen LogP contribution in [0, 0.1) is 16.6 Å². The number of halogens is 4. The van der Waals surface area contributed by atoms with E-state index < -0.39 is 34.5 Å². The molecule has 3 heterocycles. The number of piperidine rings is 1. The van der Waals surface area contributed by atoms with Crippen LogP contribution < -0.4 is 15.4 Å². The normalized spacial score (nSPS) is 21.2. The maximum absolute atomic E-state index is 14.7. The van der Waals surface area contributed by atoms with Crippen molar-refractivity contribution >= 4 is 42.5 Å². The average molecular weight is 625 g/mol. The number of rotatable bonds is 8. The highest BCUT2D eigenvalue weighted by Gasteiger charge is 2.33. The van der Waals surface area contributed by atoms with Crippen molar-refractivity contribution in [2.24, 2.45) is 0 Å². The van der Waals surface area contributed by atoms with E-state index in [9.17, 15) is 21.8 Å². The second kappa shape index (κ2) is 12.3. The number of nitrogens with zero attached hydrogens (tertiary/aromatic N) is 1. The quantitative estimate of drug-likeness (QED) is 0.219. The molecule has 7 nitrogen and oxygen atoms in total. The van der Waals surface area contributed by atoms with Crippen LogP contribution in [-0.4, -0.2) is 79.8 Å². The van der Waals surface area contributed by atoms with Crippen molar-refractivity contribution in [2.75, 3.05) is 57.6 Å². The fourth-order valence-corrected chi connectivity index (χ4v) is 7.73. The topological polar surface area (TPSA) is 86.7 Å². The van der Waals surface area contributed by atoms with Crippen LogP contribution in [0.1, 0.15) is 16.9 Å². The lowest BCUT2D eigenvalue weighted by molar-refractivity contribution is -0.126. The number of hydrogen-bond acceptors (Lipinski definition) is 8. The summed E-state index contributed by atoms with van der Waals surface area (Å²) in [5.41, 5.74) is 1.26. The van der Waals surface area contributed by atoms with E-state index in [2.05, 4.69) is 22.5 Å². The van der Waals surface area contributed by atoms with Gasteiger partial charge in [0, 0.05) is 13.1 Å². The highest BCUT2D eigenvalue weighted by molar-refractivity contribution is 7.93. The van der Waals surface area contributed by atoms with Gasteiger partial charge in [0.15, 0.2) is 0 Å². The van der Waals surface area contributed by atoms with Gasteiger partial charge in [-0.05, 0) is 48.7 Å². The smallest absolute Gasteiger partial charge is 0.393 e. The van der Waals surface area contributed by atoms with Crippen molar-refractivity contribution in [3.8, 4) is 17.6 Å². The SMILES string of the molecule is COc1cc([S@@](=N)(=O)C2COC2)ccc1NCC#Cc1sc2c(N[C@@H]3CCN(C)C[C@@H]3F)cccc2c1CC(F)(F)F. The Hall–Kier alpha value is -3.05. The first kappa shape index (κ1) is 30.4. The molecular formula is C29H32F4N4O3S2. The zero-order valence-corrected chi connectivity index (χ0v) is 24.8. The molecule has 226 valence electrons. The van der Waals surface area contributed by atoms with Crippen molar-refractivity contribution in [1.82, 2.24) is 4.90 Å². The van der Waals surface area contributed by atoms with Crippen LogP contribution in [0.2, 0.25) is 0 Å². The zero-order valence-electron chi connectivity index (χ0n) is 23.1. The average Bonchev–Trinajstić information content (AvgIpc) is 3.23. The molecular weight excluding hydrogens is 592 g/mol. The standard InChI is InChI=1S/C29H32F4N4O3S2/c1-37-12-10-23(22(30)15-37)36-25-6-3-5-20-21(14-29(31,32)33)27(41-28(20)25)7-4-11-35-24-9-8-18(13-26(24)39-2)42(34,38)19-16-40-17-19/h3,5-6,8-9,13,19,22-23,34-36H,10-12,14-17H2,1-2H3/t22-,23+,42+/m0/s1. The lowest BCUT2D eigenvalue weighted by Gasteiger charge is -2.33. The van der Waals surface area contributed by atoms with Crippen molar-refractivity contribution in [3.63, 3.8) is 0 Å². The Morgan fingerprint density at radius 3 is 2.69 bits per heavy atom. The molecule has 2 fully saturated rings. The van der Waals surface area contributed by atoms with Gasteiger partial charge >= 0.3 is 6.18 Å². The molecule has 3 aromatic rings.